The Balaban J connectivity index is 0.000000327. The maximum atomic E-state index is 8.48. The summed E-state index contributed by atoms with van der Waals surface area (Å²) in [4.78, 5) is 1.79. The molecule has 0 aliphatic heterocycles. The summed E-state index contributed by atoms with van der Waals surface area (Å²) < 4.78 is 0. The van der Waals surface area contributed by atoms with Crippen LogP contribution in [0.1, 0.15) is 5.56 Å². The van der Waals surface area contributed by atoms with E-state index < -0.39 is 0 Å². The molecule has 3 N–H and O–H groups in total. The van der Waals surface area contributed by atoms with Gasteiger partial charge in [0.1, 0.15) is 0 Å². The van der Waals surface area contributed by atoms with E-state index in [1.165, 1.54) is 5.56 Å². The molecule has 0 heterocycles. The van der Waals surface area contributed by atoms with E-state index in [4.69, 9.17) is 15.3 Å². The highest BCUT2D eigenvalue weighted by molar-refractivity contribution is 5.45. The minimum atomic E-state index is 0.0694. The Morgan fingerprint density at radius 3 is 1.61 bits per heavy atom. The maximum Gasteiger partial charge on any atom is 0.0558 e. The smallest absolute Gasteiger partial charge is 0.0558 e. The number of hydrogen-bond donors (Lipinski definition) is 3. The zero-order chi connectivity index (χ0) is 13.6. The van der Waals surface area contributed by atoms with E-state index in [0.29, 0.717) is 19.6 Å². The van der Waals surface area contributed by atoms with Gasteiger partial charge in [0.05, 0.1) is 19.8 Å². The SMILES string of the molecule is C=Cc1ccccc1.OCCN(CCO)CCO. The molecule has 0 saturated carbocycles. The Bertz CT molecular complexity index is 276. The molecule has 1 rings (SSSR count). The molecule has 1 aromatic carbocycles. The highest BCUT2D eigenvalue weighted by Crippen LogP contribution is 1.97. The molecular weight excluding hydrogens is 230 g/mol. The molecule has 18 heavy (non-hydrogen) atoms. The Morgan fingerprint density at radius 2 is 1.33 bits per heavy atom. The zero-order valence-electron chi connectivity index (χ0n) is 10.7. The van der Waals surface area contributed by atoms with Gasteiger partial charge in [-0.2, -0.15) is 0 Å². The third-order valence-corrected chi connectivity index (χ3v) is 2.28. The topological polar surface area (TPSA) is 63.9 Å². The molecular formula is C14H23NO3. The lowest BCUT2D eigenvalue weighted by Gasteiger charge is -2.17. The summed E-state index contributed by atoms with van der Waals surface area (Å²) in [6, 6.07) is 10.0. The minimum Gasteiger partial charge on any atom is -0.395 e. The minimum absolute atomic E-state index is 0.0694. The van der Waals surface area contributed by atoms with Crippen molar-refractivity contribution in [3.8, 4) is 0 Å². The van der Waals surface area contributed by atoms with Crippen molar-refractivity contribution in [1.29, 1.82) is 0 Å². The van der Waals surface area contributed by atoms with Gasteiger partial charge in [-0.15, -0.1) is 0 Å². The van der Waals surface area contributed by atoms with Crippen molar-refractivity contribution >= 4 is 6.08 Å². The van der Waals surface area contributed by atoms with E-state index in [1.807, 2.05) is 36.4 Å². The van der Waals surface area contributed by atoms with Crippen molar-refractivity contribution in [2.24, 2.45) is 0 Å². The fraction of sp³-hybridized carbons (Fsp3) is 0.429. The molecule has 1 aromatic rings. The van der Waals surface area contributed by atoms with Gasteiger partial charge in [-0.3, -0.25) is 4.90 Å². The average Bonchev–Trinajstić information content (AvgIpc) is 2.41. The summed E-state index contributed by atoms with van der Waals surface area (Å²) in [6.07, 6.45) is 1.83. The van der Waals surface area contributed by atoms with E-state index in [0.717, 1.165) is 0 Å². The molecule has 0 fully saturated rings. The van der Waals surface area contributed by atoms with Crippen molar-refractivity contribution in [3.63, 3.8) is 0 Å². The predicted molar refractivity (Wildman–Crippen MR) is 74.2 cm³/mol. The van der Waals surface area contributed by atoms with Crippen molar-refractivity contribution < 1.29 is 15.3 Å². The Hall–Kier alpha value is -1.20. The zero-order valence-corrected chi connectivity index (χ0v) is 10.7. The molecule has 0 amide bonds. The van der Waals surface area contributed by atoms with Gasteiger partial charge >= 0.3 is 0 Å². The van der Waals surface area contributed by atoms with Gasteiger partial charge < -0.3 is 15.3 Å². The molecule has 102 valence electrons. The quantitative estimate of drug-likeness (QED) is 0.665. The van der Waals surface area contributed by atoms with Crippen LogP contribution in [0.5, 0.6) is 0 Å². The fourth-order valence-corrected chi connectivity index (χ4v) is 1.35. The normalized spacial score (nSPS) is 9.78. The number of nitrogens with zero attached hydrogens (tertiary/aromatic N) is 1. The van der Waals surface area contributed by atoms with Gasteiger partial charge in [-0.1, -0.05) is 43.0 Å². The average molecular weight is 253 g/mol. The van der Waals surface area contributed by atoms with E-state index in [2.05, 4.69) is 6.58 Å². The monoisotopic (exact) mass is 253 g/mol. The first-order valence-electron chi connectivity index (χ1n) is 6.00. The first-order chi connectivity index (χ1) is 8.78. The maximum absolute atomic E-state index is 8.48. The lowest BCUT2D eigenvalue weighted by molar-refractivity contribution is 0.136. The summed E-state index contributed by atoms with van der Waals surface area (Å²) >= 11 is 0. The number of aliphatic hydroxyl groups excluding tert-OH is 3. The Labute approximate surface area is 109 Å². The molecule has 4 heteroatoms. The number of rotatable bonds is 7. The molecule has 0 aliphatic carbocycles. The summed E-state index contributed by atoms with van der Waals surface area (Å²) in [5.74, 6) is 0. The highest BCUT2D eigenvalue weighted by atomic mass is 16.3. The molecule has 4 nitrogen and oxygen atoms in total. The van der Waals surface area contributed by atoms with Gasteiger partial charge in [0, 0.05) is 19.6 Å². The van der Waals surface area contributed by atoms with Crippen LogP contribution in [-0.2, 0) is 0 Å². The van der Waals surface area contributed by atoms with Crippen molar-refractivity contribution in [2.75, 3.05) is 39.5 Å². The summed E-state index contributed by atoms with van der Waals surface area (Å²) in [6.45, 7) is 5.38. The molecule has 0 bridgehead atoms. The van der Waals surface area contributed by atoms with Crippen molar-refractivity contribution in [2.45, 2.75) is 0 Å². The molecule has 0 spiro atoms. The largest absolute Gasteiger partial charge is 0.395 e. The van der Waals surface area contributed by atoms with Crippen molar-refractivity contribution in [3.05, 3.63) is 42.5 Å². The molecule has 0 radical (unpaired) electrons. The van der Waals surface area contributed by atoms with E-state index in [1.54, 1.807) is 4.90 Å². The van der Waals surface area contributed by atoms with Crippen LogP contribution >= 0.6 is 0 Å². The van der Waals surface area contributed by atoms with E-state index in [-0.39, 0.29) is 19.8 Å². The lowest BCUT2D eigenvalue weighted by Crippen LogP contribution is -2.32. The standard InChI is InChI=1S/C8H8.C6H15NO3/c1-2-8-6-4-3-5-7-8;8-4-1-7(2-5-9)3-6-10/h2-7H,1H2;8-10H,1-6H2. The van der Waals surface area contributed by atoms with Crippen LogP contribution < -0.4 is 0 Å². The Kier molecular flexibility index (Phi) is 11.4. The van der Waals surface area contributed by atoms with Crippen LogP contribution in [-0.4, -0.2) is 59.7 Å². The first kappa shape index (κ1) is 16.8. The third-order valence-electron chi connectivity index (χ3n) is 2.28. The fourth-order valence-electron chi connectivity index (χ4n) is 1.35. The Morgan fingerprint density at radius 1 is 0.889 bits per heavy atom. The first-order valence-corrected chi connectivity index (χ1v) is 6.00. The van der Waals surface area contributed by atoms with Crippen LogP contribution in [0.25, 0.3) is 6.08 Å². The second-order valence-corrected chi connectivity index (χ2v) is 3.63. The summed E-state index contributed by atoms with van der Waals surface area (Å²) in [5, 5.41) is 25.5. The van der Waals surface area contributed by atoms with E-state index >= 15 is 0 Å². The third kappa shape index (κ3) is 8.90. The summed E-state index contributed by atoms with van der Waals surface area (Å²) in [5.41, 5.74) is 1.17. The van der Waals surface area contributed by atoms with Crippen LogP contribution in [0.15, 0.2) is 36.9 Å². The van der Waals surface area contributed by atoms with Crippen LogP contribution in [0, 0.1) is 0 Å². The highest BCUT2D eigenvalue weighted by Gasteiger charge is 2.00. The molecule has 0 saturated heterocycles. The number of hydrogen-bond acceptors (Lipinski definition) is 4. The molecule has 0 aromatic heterocycles. The summed E-state index contributed by atoms with van der Waals surface area (Å²) in [7, 11) is 0. The number of aliphatic hydroxyl groups is 3. The molecule has 0 unspecified atom stereocenters. The molecule has 0 aliphatic rings. The van der Waals surface area contributed by atoms with Crippen molar-refractivity contribution in [1.82, 2.24) is 4.90 Å². The predicted octanol–water partition coefficient (Wildman–Crippen LogP) is 0.595. The van der Waals surface area contributed by atoms with Crippen LogP contribution in [0.3, 0.4) is 0 Å². The van der Waals surface area contributed by atoms with Gasteiger partial charge in [-0.05, 0) is 5.56 Å². The second kappa shape index (κ2) is 12.3. The second-order valence-electron chi connectivity index (χ2n) is 3.63. The number of benzene rings is 1. The van der Waals surface area contributed by atoms with E-state index in [9.17, 15) is 0 Å². The van der Waals surface area contributed by atoms with Gasteiger partial charge in [0.25, 0.3) is 0 Å². The molecule has 0 atom stereocenters. The van der Waals surface area contributed by atoms with Crippen LogP contribution in [0.2, 0.25) is 0 Å². The van der Waals surface area contributed by atoms with Gasteiger partial charge in [-0.25, -0.2) is 0 Å². The van der Waals surface area contributed by atoms with Gasteiger partial charge in [0.2, 0.25) is 0 Å². The van der Waals surface area contributed by atoms with Crippen LogP contribution in [0.4, 0.5) is 0 Å². The van der Waals surface area contributed by atoms with Gasteiger partial charge in [0.15, 0.2) is 0 Å². The lowest BCUT2D eigenvalue weighted by atomic mass is 10.2.